The number of aliphatic hydroxyl groups excluding tert-OH is 1. The zero-order chi connectivity index (χ0) is 36.9. The molecule has 13 nitrogen and oxygen atoms in total. The van der Waals surface area contributed by atoms with Crippen molar-refractivity contribution in [2.75, 3.05) is 6.61 Å². The van der Waals surface area contributed by atoms with Crippen LogP contribution >= 0.6 is 0 Å². The molecule has 52 heavy (non-hydrogen) atoms. The van der Waals surface area contributed by atoms with Crippen LogP contribution in [0.15, 0.2) is 76.3 Å². The van der Waals surface area contributed by atoms with Gasteiger partial charge in [0.25, 0.3) is 0 Å². The molecule has 3 fully saturated rings. The van der Waals surface area contributed by atoms with E-state index in [1.165, 1.54) is 10.6 Å². The van der Waals surface area contributed by atoms with Crippen molar-refractivity contribution in [3.63, 3.8) is 0 Å². The van der Waals surface area contributed by atoms with Crippen molar-refractivity contribution in [2.24, 2.45) is 17.8 Å². The fourth-order valence-electron chi connectivity index (χ4n) is 8.58. The monoisotopic (exact) mass is 719 g/mol. The molecule has 6 heterocycles. The van der Waals surface area contributed by atoms with Gasteiger partial charge in [0.05, 0.1) is 18.8 Å². The van der Waals surface area contributed by atoms with Gasteiger partial charge in [-0.1, -0.05) is 57.2 Å². The standard InChI is InChI=1S/C39H49N3O10/c1-6-30-23(3)13-14-38(52-30)20-28-18-27(51-38)19-31(50-37(46)42-36(45)41-15-8-7-12-32(41)40-42)24(4)16-22(2)10-9-11-26-21-48-34-33(43)25(5)17-29(35(44)49-28)39(26,34)47/h7-12,15-17,22-23,27-31,33-34,43,47H,6,13-14,18-21H2,1-5H3/b10-9+,24-16+,26-11+/t22-,23-,27-,28-,29-,30+,31-,33+,34+,38+,39+/m0/s1. The molecule has 13 heteroatoms. The molecule has 3 saturated heterocycles. The molecule has 4 aliphatic heterocycles. The maximum atomic E-state index is 14.2. The highest BCUT2D eigenvalue weighted by Gasteiger charge is 2.60. The fraction of sp³-hybridized carbons (Fsp3) is 0.590. The molecule has 0 saturated carbocycles. The molecule has 280 valence electrons. The van der Waals surface area contributed by atoms with Crippen molar-refractivity contribution >= 4 is 17.7 Å². The van der Waals surface area contributed by atoms with Gasteiger partial charge in [-0.15, -0.1) is 9.78 Å². The highest BCUT2D eigenvalue weighted by Crippen LogP contribution is 2.47. The smallest absolute Gasteiger partial charge is 0.440 e. The van der Waals surface area contributed by atoms with Crippen molar-refractivity contribution in [1.82, 2.24) is 14.2 Å². The van der Waals surface area contributed by atoms with Crippen LogP contribution < -0.4 is 5.69 Å². The second-order valence-electron chi connectivity index (χ2n) is 15.2. The van der Waals surface area contributed by atoms with Crippen molar-refractivity contribution in [2.45, 2.75) is 121 Å². The van der Waals surface area contributed by atoms with Gasteiger partial charge in [0.2, 0.25) is 0 Å². The van der Waals surface area contributed by atoms with Gasteiger partial charge >= 0.3 is 17.8 Å². The summed E-state index contributed by atoms with van der Waals surface area (Å²) in [6.45, 7) is 9.79. The lowest BCUT2D eigenvalue weighted by atomic mass is 9.71. The van der Waals surface area contributed by atoms with E-state index in [2.05, 4.69) is 18.9 Å². The second-order valence-corrected chi connectivity index (χ2v) is 15.2. The Morgan fingerprint density at radius 2 is 1.90 bits per heavy atom. The Labute approximate surface area is 302 Å². The van der Waals surface area contributed by atoms with Gasteiger partial charge in [-0.3, -0.25) is 4.79 Å². The quantitative estimate of drug-likeness (QED) is 0.335. The van der Waals surface area contributed by atoms with Crippen LogP contribution in [0.4, 0.5) is 4.79 Å². The third kappa shape index (κ3) is 6.62. The summed E-state index contributed by atoms with van der Waals surface area (Å²) in [5.41, 5.74) is -0.450. The first kappa shape index (κ1) is 36.5. The van der Waals surface area contributed by atoms with Crippen molar-refractivity contribution in [3.05, 3.63) is 82.0 Å². The van der Waals surface area contributed by atoms with Crippen LogP contribution in [0, 0.1) is 17.8 Å². The SMILES string of the molecule is CC[C@H]1O[C@]2(CC[C@@H]1C)C[C@@H]1C[C@@H](C[C@H](OC(=O)n3nc4ccccn4c3=O)/C(C)=C/[C@@H](C)/C=C/C=C3\CO[C@@H]4[C@H](O)C(C)=C[C@@H](C(=O)O1)[C@]34O)O2. The van der Waals surface area contributed by atoms with E-state index in [1.54, 1.807) is 43.4 Å². The third-order valence-electron chi connectivity index (χ3n) is 11.5. The Hall–Kier alpha value is -3.88. The highest BCUT2D eigenvalue weighted by atomic mass is 16.7. The second kappa shape index (κ2) is 14.2. The number of aromatic nitrogens is 3. The molecule has 2 N–H and O–H groups in total. The Morgan fingerprint density at radius 3 is 2.67 bits per heavy atom. The van der Waals surface area contributed by atoms with Crippen molar-refractivity contribution < 1.29 is 43.5 Å². The molecule has 1 spiro atoms. The minimum Gasteiger partial charge on any atom is -0.462 e. The van der Waals surface area contributed by atoms with Gasteiger partial charge in [0.1, 0.15) is 35.9 Å². The lowest BCUT2D eigenvalue weighted by Gasteiger charge is -2.50. The molecule has 7 rings (SSSR count). The summed E-state index contributed by atoms with van der Waals surface area (Å²) in [6, 6.07) is 5.03. The molecule has 5 aliphatic rings. The molecular weight excluding hydrogens is 670 g/mol. The number of carbonyl (C=O) groups is 2. The van der Waals surface area contributed by atoms with E-state index in [1.807, 2.05) is 26.0 Å². The lowest BCUT2D eigenvalue weighted by Crippen LogP contribution is -2.58. The summed E-state index contributed by atoms with van der Waals surface area (Å²) in [5, 5.41) is 27.4. The van der Waals surface area contributed by atoms with Gasteiger partial charge < -0.3 is 33.9 Å². The molecule has 2 aromatic rings. The number of pyridine rings is 1. The number of hydrogen-bond acceptors (Lipinski definition) is 11. The normalized spacial score (nSPS) is 40.9. The summed E-state index contributed by atoms with van der Waals surface area (Å²) in [6.07, 6.45) is 8.26. The van der Waals surface area contributed by atoms with E-state index in [4.69, 9.17) is 23.7 Å². The Kier molecular flexibility index (Phi) is 9.94. The van der Waals surface area contributed by atoms with E-state index in [0.29, 0.717) is 29.1 Å². The summed E-state index contributed by atoms with van der Waals surface area (Å²) < 4.78 is 33.8. The minimum absolute atomic E-state index is 0.0318. The van der Waals surface area contributed by atoms with E-state index >= 15 is 0 Å². The summed E-state index contributed by atoms with van der Waals surface area (Å²) in [7, 11) is 0. The molecule has 0 radical (unpaired) electrons. The maximum Gasteiger partial charge on any atom is 0.440 e. The zero-order valence-corrected chi connectivity index (χ0v) is 30.3. The number of ether oxygens (including phenoxy) is 5. The number of fused-ring (bicyclic) bond motifs is 3. The number of rotatable bonds is 2. The van der Waals surface area contributed by atoms with Crippen molar-refractivity contribution in [1.29, 1.82) is 0 Å². The fourth-order valence-corrected chi connectivity index (χ4v) is 8.58. The zero-order valence-electron chi connectivity index (χ0n) is 30.3. The van der Waals surface area contributed by atoms with Crippen LogP contribution in [0.5, 0.6) is 0 Å². The summed E-state index contributed by atoms with van der Waals surface area (Å²) >= 11 is 0. The number of esters is 1. The highest BCUT2D eigenvalue weighted by molar-refractivity contribution is 5.78. The topological polar surface area (TPSA) is 160 Å². The molecule has 0 unspecified atom stereocenters. The Bertz CT molecular complexity index is 1890. The summed E-state index contributed by atoms with van der Waals surface area (Å²) in [4.78, 5) is 40.9. The summed E-state index contributed by atoms with van der Waals surface area (Å²) in [5.74, 6) is -2.66. The number of nitrogens with zero attached hydrogens (tertiary/aromatic N) is 3. The van der Waals surface area contributed by atoms with Gasteiger partial charge in [-0.2, -0.15) is 0 Å². The largest absolute Gasteiger partial charge is 0.462 e. The molecule has 0 amide bonds. The van der Waals surface area contributed by atoms with Gasteiger partial charge in [-0.05, 0) is 67.4 Å². The first-order valence-corrected chi connectivity index (χ1v) is 18.4. The molecule has 2 aromatic heterocycles. The maximum absolute atomic E-state index is 14.2. The van der Waals surface area contributed by atoms with Crippen LogP contribution in [0.25, 0.3) is 5.65 Å². The first-order chi connectivity index (χ1) is 24.8. The average Bonchev–Trinajstić information content (AvgIpc) is 3.63. The van der Waals surface area contributed by atoms with Gasteiger partial charge in [-0.25, -0.2) is 14.0 Å². The van der Waals surface area contributed by atoms with Gasteiger partial charge in [0.15, 0.2) is 11.4 Å². The Morgan fingerprint density at radius 1 is 1.10 bits per heavy atom. The minimum atomic E-state index is -1.81. The van der Waals surface area contributed by atoms with Crippen LogP contribution in [-0.4, -0.2) is 91.1 Å². The lowest BCUT2D eigenvalue weighted by molar-refractivity contribution is -0.337. The molecular formula is C39H49N3O10. The number of carbonyl (C=O) groups excluding carboxylic acids is 2. The van der Waals surface area contributed by atoms with Crippen LogP contribution in [0.1, 0.15) is 73.1 Å². The van der Waals surface area contributed by atoms with E-state index in [0.717, 1.165) is 23.1 Å². The molecule has 1 aliphatic carbocycles. The predicted octanol–water partition coefficient (Wildman–Crippen LogP) is 4.40. The number of hydrogen-bond donors (Lipinski definition) is 2. The van der Waals surface area contributed by atoms with E-state index < -0.39 is 65.6 Å². The van der Waals surface area contributed by atoms with E-state index in [-0.39, 0.29) is 37.9 Å². The molecule has 2 bridgehead atoms. The average molecular weight is 720 g/mol. The number of allylic oxidation sites excluding steroid dienone is 4. The van der Waals surface area contributed by atoms with Crippen LogP contribution in [0.2, 0.25) is 0 Å². The van der Waals surface area contributed by atoms with Gasteiger partial charge in [0, 0.05) is 31.9 Å². The number of aliphatic hydroxyl groups is 2. The van der Waals surface area contributed by atoms with Crippen molar-refractivity contribution in [3.8, 4) is 0 Å². The predicted molar refractivity (Wildman–Crippen MR) is 188 cm³/mol. The molecule has 11 atom stereocenters. The first-order valence-electron chi connectivity index (χ1n) is 18.4. The third-order valence-corrected chi connectivity index (χ3v) is 11.5. The van der Waals surface area contributed by atoms with Crippen LogP contribution in [-0.2, 0) is 28.5 Å². The molecule has 0 aromatic carbocycles. The van der Waals surface area contributed by atoms with Crippen LogP contribution in [0.3, 0.4) is 0 Å². The Balaban J connectivity index is 1.28. The van der Waals surface area contributed by atoms with E-state index in [9.17, 15) is 24.6 Å².